The van der Waals surface area contributed by atoms with Crippen molar-refractivity contribution in [3.05, 3.63) is 53.2 Å². The fourth-order valence-electron chi connectivity index (χ4n) is 2.09. The Balaban J connectivity index is 1.93. The zero-order valence-electron chi connectivity index (χ0n) is 13.8. The van der Waals surface area contributed by atoms with Crippen molar-refractivity contribution in [2.24, 2.45) is 0 Å². The Hall–Kier alpha value is -2.40. The third kappa shape index (κ3) is 5.07. The van der Waals surface area contributed by atoms with Crippen LogP contribution in [-0.2, 0) is 4.74 Å². The van der Waals surface area contributed by atoms with E-state index in [9.17, 15) is 4.79 Å². The monoisotopic (exact) mass is 313 g/mol. The number of hydrogen-bond donors (Lipinski definition) is 2. The van der Waals surface area contributed by atoms with Gasteiger partial charge in [-0.2, -0.15) is 0 Å². The second-order valence-corrected chi connectivity index (χ2v) is 5.46. The number of pyridine rings is 1. The van der Waals surface area contributed by atoms with Crippen LogP contribution in [-0.4, -0.2) is 31.2 Å². The maximum Gasteiger partial charge on any atom is 0.252 e. The summed E-state index contributed by atoms with van der Waals surface area (Å²) in [7, 11) is 1.65. The van der Waals surface area contributed by atoms with Crippen LogP contribution in [0.5, 0.6) is 0 Å². The predicted molar refractivity (Wildman–Crippen MR) is 92.3 cm³/mol. The second-order valence-electron chi connectivity index (χ2n) is 5.46. The molecular weight excluding hydrogens is 290 g/mol. The first kappa shape index (κ1) is 17.0. The molecule has 2 N–H and O–H groups in total. The molecule has 0 atom stereocenters. The topological polar surface area (TPSA) is 63.2 Å². The Morgan fingerprint density at radius 2 is 2.00 bits per heavy atom. The van der Waals surface area contributed by atoms with Gasteiger partial charge in [-0.3, -0.25) is 4.79 Å². The second kappa shape index (κ2) is 8.29. The summed E-state index contributed by atoms with van der Waals surface area (Å²) in [6, 6.07) is 9.73. The largest absolute Gasteiger partial charge is 0.385 e. The minimum atomic E-state index is -0.119. The minimum absolute atomic E-state index is 0.119. The number of carbonyl (C=O) groups is 1. The first-order chi connectivity index (χ1) is 11.1. The molecule has 0 aliphatic carbocycles. The summed E-state index contributed by atoms with van der Waals surface area (Å²) in [5.74, 6) is 0.593. The maximum atomic E-state index is 11.9. The van der Waals surface area contributed by atoms with Crippen molar-refractivity contribution < 1.29 is 9.53 Å². The lowest BCUT2D eigenvalue weighted by atomic mass is 10.1. The van der Waals surface area contributed by atoms with Gasteiger partial charge in [-0.15, -0.1) is 0 Å². The molecule has 2 aromatic rings. The van der Waals surface area contributed by atoms with E-state index in [0.29, 0.717) is 24.5 Å². The molecule has 5 heteroatoms. The van der Waals surface area contributed by atoms with Gasteiger partial charge in [0.1, 0.15) is 5.82 Å². The number of amides is 1. The minimum Gasteiger partial charge on any atom is -0.385 e. The number of anilines is 2. The summed E-state index contributed by atoms with van der Waals surface area (Å²) in [6.45, 7) is 5.38. The zero-order chi connectivity index (χ0) is 16.7. The number of aromatic nitrogens is 1. The van der Waals surface area contributed by atoms with Crippen molar-refractivity contribution >= 4 is 17.4 Å². The molecule has 122 valence electrons. The molecule has 1 aromatic heterocycles. The summed E-state index contributed by atoms with van der Waals surface area (Å²) in [5.41, 5.74) is 4.01. The zero-order valence-corrected chi connectivity index (χ0v) is 13.8. The van der Waals surface area contributed by atoms with E-state index in [2.05, 4.69) is 41.6 Å². The molecule has 0 saturated carbocycles. The highest BCUT2D eigenvalue weighted by molar-refractivity contribution is 5.94. The van der Waals surface area contributed by atoms with E-state index in [-0.39, 0.29) is 5.91 Å². The molecule has 0 aliphatic heterocycles. The van der Waals surface area contributed by atoms with Crippen molar-refractivity contribution in [1.82, 2.24) is 10.3 Å². The fraction of sp³-hybridized carbons (Fsp3) is 0.333. The average Bonchev–Trinajstić information content (AvgIpc) is 2.55. The van der Waals surface area contributed by atoms with Gasteiger partial charge in [-0.05, 0) is 55.7 Å². The third-order valence-corrected chi connectivity index (χ3v) is 3.62. The van der Waals surface area contributed by atoms with E-state index in [4.69, 9.17) is 4.74 Å². The molecule has 0 fully saturated rings. The standard InChI is InChI=1S/C18H23N3O2/c1-13-5-7-16(11-14(13)2)21-17-8-6-15(12-20-17)18(22)19-9-4-10-23-3/h5-8,11-12H,4,9-10H2,1-3H3,(H,19,22)(H,20,21). The number of nitrogens with one attached hydrogen (secondary N) is 2. The van der Waals surface area contributed by atoms with Gasteiger partial charge in [0.25, 0.3) is 5.91 Å². The van der Waals surface area contributed by atoms with Crippen LogP contribution >= 0.6 is 0 Å². The maximum absolute atomic E-state index is 11.9. The van der Waals surface area contributed by atoms with Gasteiger partial charge in [-0.25, -0.2) is 4.98 Å². The van der Waals surface area contributed by atoms with Crippen LogP contribution in [0, 0.1) is 13.8 Å². The Labute approximate surface area is 137 Å². The van der Waals surface area contributed by atoms with Crippen LogP contribution in [0.25, 0.3) is 0 Å². The van der Waals surface area contributed by atoms with E-state index in [0.717, 1.165) is 12.1 Å². The van der Waals surface area contributed by atoms with Crippen molar-refractivity contribution in [2.75, 3.05) is 25.6 Å². The molecule has 0 aliphatic rings. The van der Waals surface area contributed by atoms with Crippen LogP contribution in [0.15, 0.2) is 36.5 Å². The smallest absolute Gasteiger partial charge is 0.252 e. The highest BCUT2D eigenvalue weighted by Gasteiger charge is 2.06. The number of nitrogens with zero attached hydrogens (tertiary/aromatic N) is 1. The quantitative estimate of drug-likeness (QED) is 0.771. The van der Waals surface area contributed by atoms with E-state index >= 15 is 0 Å². The number of hydrogen-bond acceptors (Lipinski definition) is 4. The highest BCUT2D eigenvalue weighted by Crippen LogP contribution is 2.18. The summed E-state index contributed by atoms with van der Waals surface area (Å²) >= 11 is 0. The number of benzene rings is 1. The molecule has 0 spiro atoms. The van der Waals surface area contributed by atoms with Crippen molar-refractivity contribution in [3.63, 3.8) is 0 Å². The van der Waals surface area contributed by atoms with Crippen LogP contribution in [0.2, 0.25) is 0 Å². The lowest BCUT2D eigenvalue weighted by Crippen LogP contribution is -2.25. The number of ether oxygens (including phenoxy) is 1. The predicted octanol–water partition coefficient (Wildman–Crippen LogP) is 3.21. The molecule has 0 radical (unpaired) electrons. The SMILES string of the molecule is COCCCNC(=O)c1ccc(Nc2ccc(C)c(C)c2)nc1. The third-order valence-electron chi connectivity index (χ3n) is 3.62. The lowest BCUT2D eigenvalue weighted by Gasteiger charge is -2.09. The average molecular weight is 313 g/mol. The molecule has 1 aromatic carbocycles. The van der Waals surface area contributed by atoms with Gasteiger partial charge >= 0.3 is 0 Å². The van der Waals surface area contributed by atoms with Gasteiger partial charge in [-0.1, -0.05) is 6.07 Å². The molecule has 0 bridgehead atoms. The first-order valence-electron chi connectivity index (χ1n) is 7.67. The Morgan fingerprint density at radius 1 is 1.17 bits per heavy atom. The summed E-state index contributed by atoms with van der Waals surface area (Å²) in [5, 5.41) is 6.08. The van der Waals surface area contributed by atoms with Crippen LogP contribution in [0.3, 0.4) is 0 Å². The normalized spacial score (nSPS) is 10.4. The van der Waals surface area contributed by atoms with E-state index in [1.165, 1.54) is 11.1 Å². The van der Waals surface area contributed by atoms with E-state index in [1.807, 2.05) is 6.07 Å². The van der Waals surface area contributed by atoms with Crippen molar-refractivity contribution in [3.8, 4) is 0 Å². The molecule has 1 heterocycles. The first-order valence-corrected chi connectivity index (χ1v) is 7.67. The van der Waals surface area contributed by atoms with Gasteiger partial charge in [0.15, 0.2) is 0 Å². The number of rotatable bonds is 7. The van der Waals surface area contributed by atoms with Gasteiger partial charge < -0.3 is 15.4 Å². The van der Waals surface area contributed by atoms with Crippen LogP contribution in [0.4, 0.5) is 11.5 Å². The summed E-state index contributed by atoms with van der Waals surface area (Å²) in [4.78, 5) is 16.2. The highest BCUT2D eigenvalue weighted by atomic mass is 16.5. The Morgan fingerprint density at radius 3 is 2.65 bits per heavy atom. The fourth-order valence-corrected chi connectivity index (χ4v) is 2.09. The van der Waals surface area contributed by atoms with Gasteiger partial charge in [0.05, 0.1) is 5.56 Å². The van der Waals surface area contributed by atoms with Crippen molar-refractivity contribution in [1.29, 1.82) is 0 Å². The van der Waals surface area contributed by atoms with Crippen molar-refractivity contribution in [2.45, 2.75) is 20.3 Å². The number of aryl methyl sites for hydroxylation is 2. The molecule has 2 rings (SSSR count). The molecular formula is C18H23N3O2. The molecule has 5 nitrogen and oxygen atoms in total. The number of carbonyl (C=O) groups excluding carboxylic acids is 1. The molecule has 0 unspecified atom stereocenters. The summed E-state index contributed by atoms with van der Waals surface area (Å²) in [6.07, 6.45) is 2.37. The van der Waals surface area contributed by atoms with Gasteiger partial charge in [0.2, 0.25) is 0 Å². The molecule has 0 saturated heterocycles. The van der Waals surface area contributed by atoms with Crippen LogP contribution in [0.1, 0.15) is 27.9 Å². The Kier molecular flexibility index (Phi) is 6.11. The number of methoxy groups -OCH3 is 1. The summed E-state index contributed by atoms with van der Waals surface area (Å²) < 4.78 is 4.95. The van der Waals surface area contributed by atoms with E-state index in [1.54, 1.807) is 25.4 Å². The van der Waals surface area contributed by atoms with E-state index < -0.39 is 0 Å². The molecule has 23 heavy (non-hydrogen) atoms. The Bertz CT molecular complexity index is 654. The van der Waals surface area contributed by atoms with Crippen LogP contribution < -0.4 is 10.6 Å². The molecule has 1 amide bonds. The lowest BCUT2D eigenvalue weighted by molar-refractivity contribution is 0.0948. The van der Waals surface area contributed by atoms with Gasteiger partial charge in [0, 0.05) is 32.1 Å².